The van der Waals surface area contributed by atoms with Crippen molar-refractivity contribution in [3.8, 4) is 0 Å². The Balaban J connectivity index is 2.09. The Kier molecular flexibility index (Phi) is 3.96. The fraction of sp³-hybridized carbons (Fsp3) is 0.615. The van der Waals surface area contributed by atoms with Gasteiger partial charge in [-0.05, 0) is 12.8 Å². The van der Waals surface area contributed by atoms with Crippen LogP contribution in [0.5, 0.6) is 0 Å². The van der Waals surface area contributed by atoms with E-state index in [2.05, 4.69) is 10.4 Å². The smallest absolute Gasteiger partial charge is 0.271 e. The van der Waals surface area contributed by atoms with Crippen LogP contribution in [0.15, 0.2) is 0 Å². The minimum absolute atomic E-state index is 0.0374. The molecule has 0 aliphatic carbocycles. The van der Waals surface area contributed by atoms with Crippen LogP contribution in [-0.2, 0) is 18.3 Å². The molecular formula is C13H21N5O2. The van der Waals surface area contributed by atoms with Crippen LogP contribution in [0.4, 0.5) is 5.69 Å². The number of nitrogens with zero attached hydrogens (tertiary/aromatic N) is 3. The van der Waals surface area contributed by atoms with Crippen LogP contribution >= 0.6 is 0 Å². The van der Waals surface area contributed by atoms with Crippen molar-refractivity contribution in [2.24, 2.45) is 7.05 Å². The second kappa shape index (κ2) is 5.52. The lowest BCUT2D eigenvalue weighted by Gasteiger charge is -2.30. The Morgan fingerprint density at radius 2 is 2.20 bits per heavy atom. The van der Waals surface area contributed by atoms with E-state index in [1.54, 1.807) is 19.0 Å². The highest BCUT2D eigenvalue weighted by molar-refractivity contribution is 5.98. The van der Waals surface area contributed by atoms with E-state index in [4.69, 9.17) is 5.73 Å². The van der Waals surface area contributed by atoms with Crippen molar-refractivity contribution in [2.75, 3.05) is 19.3 Å². The van der Waals surface area contributed by atoms with E-state index in [1.807, 2.05) is 6.92 Å². The Morgan fingerprint density at radius 1 is 1.50 bits per heavy atom. The molecule has 1 atom stereocenters. The van der Waals surface area contributed by atoms with Gasteiger partial charge in [0.15, 0.2) is 0 Å². The summed E-state index contributed by atoms with van der Waals surface area (Å²) in [6.45, 7) is 2.48. The number of anilines is 1. The first-order valence-electron chi connectivity index (χ1n) is 6.80. The summed E-state index contributed by atoms with van der Waals surface area (Å²) in [6.07, 6.45) is 1.81. The topological polar surface area (TPSA) is 93.2 Å². The van der Waals surface area contributed by atoms with Gasteiger partial charge in [0.05, 0.1) is 11.4 Å². The quantitative estimate of drug-likeness (QED) is 0.809. The average Bonchev–Trinajstić information content (AvgIpc) is 2.68. The molecule has 7 nitrogen and oxygen atoms in total. The van der Waals surface area contributed by atoms with Crippen LogP contribution in [0.25, 0.3) is 0 Å². The molecule has 3 N–H and O–H groups in total. The zero-order chi connectivity index (χ0) is 14.9. The lowest BCUT2D eigenvalue weighted by Crippen LogP contribution is -2.48. The highest BCUT2D eigenvalue weighted by Gasteiger charge is 2.26. The van der Waals surface area contributed by atoms with Crippen molar-refractivity contribution in [3.05, 3.63) is 11.4 Å². The number of likely N-dealkylation sites (tertiary alicyclic amines) is 1. The van der Waals surface area contributed by atoms with Crippen molar-refractivity contribution in [3.63, 3.8) is 0 Å². The third-order valence-corrected chi connectivity index (χ3v) is 3.67. The van der Waals surface area contributed by atoms with E-state index in [9.17, 15) is 9.59 Å². The van der Waals surface area contributed by atoms with E-state index in [0.29, 0.717) is 37.2 Å². The summed E-state index contributed by atoms with van der Waals surface area (Å²) < 4.78 is 1.52. The number of hydrogen-bond acceptors (Lipinski definition) is 4. The molecule has 2 amide bonds. The average molecular weight is 279 g/mol. The van der Waals surface area contributed by atoms with Gasteiger partial charge in [0, 0.05) is 33.1 Å². The van der Waals surface area contributed by atoms with Gasteiger partial charge in [0.25, 0.3) is 5.91 Å². The number of carbonyl (C=O) groups excluding carboxylic acids is 2. The van der Waals surface area contributed by atoms with Crippen molar-refractivity contribution >= 4 is 17.5 Å². The third kappa shape index (κ3) is 2.61. The number of carbonyl (C=O) groups is 2. The molecule has 1 aromatic heterocycles. The fourth-order valence-corrected chi connectivity index (χ4v) is 2.51. The van der Waals surface area contributed by atoms with Gasteiger partial charge in [-0.25, -0.2) is 0 Å². The molecule has 2 heterocycles. The monoisotopic (exact) mass is 279 g/mol. The lowest BCUT2D eigenvalue weighted by atomic mass is 10.1. The van der Waals surface area contributed by atoms with Crippen LogP contribution in [0.3, 0.4) is 0 Å². The molecule has 0 spiro atoms. The maximum atomic E-state index is 12.3. The first kappa shape index (κ1) is 14.4. The van der Waals surface area contributed by atoms with Gasteiger partial charge in [-0.3, -0.25) is 14.3 Å². The summed E-state index contributed by atoms with van der Waals surface area (Å²) in [7, 11) is 3.45. The van der Waals surface area contributed by atoms with Gasteiger partial charge in [-0.1, -0.05) is 6.92 Å². The molecule has 1 saturated heterocycles. The molecule has 2 rings (SSSR count). The number of aryl methyl sites for hydroxylation is 2. The molecule has 0 bridgehead atoms. The fourth-order valence-electron chi connectivity index (χ4n) is 2.51. The van der Waals surface area contributed by atoms with Crippen molar-refractivity contribution in [2.45, 2.75) is 32.2 Å². The van der Waals surface area contributed by atoms with Gasteiger partial charge in [0.1, 0.15) is 5.69 Å². The molecule has 1 aromatic rings. The van der Waals surface area contributed by atoms with Crippen LogP contribution in [0, 0.1) is 0 Å². The summed E-state index contributed by atoms with van der Waals surface area (Å²) in [4.78, 5) is 25.4. The number of nitrogen functional groups attached to an aromatic ring is 1. The first-order chi connectivity index (χ1) is 9.43. The third-order valence-electron chi connectivity index (χ3n) is 3.67. The number of piperidine rings is 1. The van der Waals surface area contributed by atoms with Gasteiger partial charge in [-0.15, -0.1) is 0 Å². The van der Waals surface area contributed by atoms with Crippen molar-refractivity contribution < 1.29 is 9.59 Å². The lowest BCUT2D eigenvalue weighted by molar-refractivity contribution is -0.132. The molecule has 1 aliphatic heterocycles. The summed E-state index contributed by atoms with van der Waals surface area (Å²) in [6, 6.07) is -0.0374. The molecule has 20 heavy (non-hydrogen) atoms. The number of hydrogen-bond donors (Lipinski definition) is 2. The van der Waals surface area contributed by atoms with Crippen LogP contribution < -0.4 is 11.1 Å². The number of nitrogens with two attached hydrogens (primary N) is 1. The second-order valence-electron chi connectivity index (χ2n) is 5.17. The van der Waals surface area contributed by atoms with Crippen molar-refractivity contribution in [1.29, 1.82) is 0 Å². The van der Waals surface area contributed by atoms with E-state index in [-0.39, 0.29) is 17.9 Å². The zero-order valence-corrected chi connectivity index (χ0v) is 12.1. The number of likely N-dealkylation sites (N-methyl/N-ethyl adjacent to an activating group) is 1. The predicted octanol–water partition coefficient (Wildman–Crippen LogP) is -0.0847. The highest BCUT2D eigenvalue weighted by atomic mass is 16.2. The number of amides is 2. The minimum Gasteiger partial charge on any atom is -0.395 e. The summed E-state index contributed by atoms with van der Waals surface area (Å²) >= 11 is 0. The Bertz CT molecular complexity index is 537. The standard InChI is InChI=1S/C13H21N5O2/c1-4-9-11(14)12(18(3)16-9)13(20)15-8-5-6-10(19)17(2)7-8/h8H,4-7,14H2,1-3H3,(H,15,20). The first-order valence-corrected chi connectivity index (χ1v) is 6.80. The van der Waals surface area contributed by atoms with Gasteiger partial charge < -0.3 is 16.0 Å². The van der Waals surface area contributed by atoms with Crippen LogP contribution in [-0.4, -0.2) is 46.1 Å². The van der Waals surface area contributed by atoms with Crippen LogP contribution in [0.1, 0.15) is 35.9 Å². The highest BCUT2D eigenvalue weighted by Crippen LogP contribution is 2.18. The molecule has 0 radical (unpaired) electrons. The Morgan fingerprint density at radius 3 is 2.75 bits per heavy atom. The molecule has 110 valence electrons. The van der Waals surface area contributed by atoms with Gasteiger partial charge in [-0.2, -0.15) is 5.10 Å². The summed E-state index contributed by atoms with van der Waals surface area (Å²) in [5.41, 5.74) is 7.52. The molecule has 0 aromatic carbocycles. The number of rotatable bonds is 3. The maximum Gasteiger partial charge on any atom is 0.271 e. The van der Waals surface area contributed by atoms with E-state index >= 15 is 0 Å². The van der Waals surface area contributed by atoms with E-state index in [1.165, 1.54) is 4.68 Å². The molecule has 1 unspecified atom stereocenters. The zero-order valence-electron chi connectivity index (χ0n) is 12.1. The molecule has 0 saturated carbocycles. The number of aromatic nitrogens is 2. The normalized spacial score (nSPS) is 19.2. The minimum atomic E-state index is -0.232. The molecule has 7 heteroatoms. The number of nitrogens with one attached hydrogen (secondary N) is 1. The van der Waals surface area contributed by atoms with E-state index < -0.39 is 0 Å². The molecule has 1 fully saturated rings. The van der Waals surface area contributed by atoms with Gasteiger partial charge in [0.2, 0.25) is 5.91 Å². The molecular weight excluding hydrogens is 258 g/mol. The Hall–Kier alpha value is -2.05. The Labute approximate surface area is 118 Å². The second-order valence-corrected chi connectivity index (χ2v) is 5.17. The SMILES string of the molecule is CCc1nn(C)c(C(=O)NC2CCC(=O)N(C)C2)c1N. The van der Waals surface area contributed by atoms with Crippen molar-refractivity contribution in [1.82, 2.24) is 20.0 Å². The largest absolute Gasteiger partial charge is 0.395 e. The predicted molar refractivity (Wildman–Crippen MR) is 75.1 cm³/mol. The molecule has 1 aliphatic rings. The maximum absolute atomic E-state index is 12.3. The van der Waals surface area contributed by atoms with Gasteiger partial charge >= 0.3 is 0 Å². The van der Waals surface area contributed by atoms with Crippen LogP contribution in [0.2, 0.25) is 0 Å². The van der Waals surface area contributed by atoms with E-state index in [0.717, 1.165) is 5.69 Å². The summed E-state index contributed by atoms with van der Waals surface area (Å²) in [5.74, 6) is -0.117. The summed E-state index contributed by atoms with van der Waals surface area (Å²) in [5, 5.41) is 7.17.